The van der Waals surface area contributed by atoms with Crippen molar-refractivity contribution >= 4 is 12.6 Å². The highest BCUT2D eigenvalue weighted by atomic mass is 14.9. The summed E-state index contributed by atoms with van der Waals surface area (Å²) in [5.41, 5.74) is 2.23. The Morgan fingerprint density at radius 2 is 2.17 bits per heavy atom. The van der Waals surface area contributed by atoms with Gasteiger partial charge in [-0.2, -0.15) is 0 Å². The molecular weight excluding hydrogens is 148 g/mol. The zero-order chi connectivity index (χ0) is 8.97. The number of hydrogen-bond acceptors (Lipinski definition) is 1. The Bertz CT molecular complexity index is 313. The van der Waals surface area contributed by atoms with Gasteiger partial charge in [0.1, 0.15) is 0 Å². The van der Waals surface area contributed by atoms with Crippen molar-refractivity contribution < 1.29 is 0 Å². The molecule has 0 bridgehead atoms. The fourth-order valence-corrected chi connectivity index (χ4v) is 1.08. The molecular formula is C10H12N2. The van der Waals surface area contributed by atoms with Crippen LogP contribution in [0.4, 0.5) is 0 Å². The zero-order valence-corrected chi connectivity index (χ0v) is 7.41. The molecule has 12 heavy (non-hydrogen) atoms. The minimum Gasteiger partial charge on any atom is -0.270 e. The molecule has 0 saturated heterocycles. The second-order valence-corrected chi connectivity index (χ2v) is 2.57. The van der Waals surface area contributed by atoms with Crippen molar-refractivity contribution in [2.45, 2.75) is 6.92 Å². The van der Waals surface area contributed by atoms with Crippen molar-refractivity contribution in [1.29, 1.82) is 0 Å². The van der Waals surface area contributed by atoms with Gasteiger partial charge in [-0.3, -0.25) is 4.99 Å². The molecule has 0 N–H and O–H groups in total. The fraction of sp³-hybridized carbons (Fsp3) is 0.200. The van der Waals surface area contributed by atoms with Gasteiger partial charge in [0.25, 0.3) is 0 Å². The van der Waals surface area contributed by atoms with E-state index in [0.29, 0.717) is 5.84 Å². The molecule has 0 amide bonds. The van der Waals surface area contributed by atoms with Crippen molar-refractivity contribution in [3.05, 3.63) is 35.4 Å². The summed E-state index contributed by atoms with van der Waals surface area (Å²) in [5.74, 6) is 0.693. The lowest BCUT2D eigenvalue weighted by molar-refractivity contribution is 1.37. The molecule has 0 aliphatic heterocycles. The van der Waals surface area contributed by atoms with E-state index in [0.717, 1.165) is 5.56 Å². The zero-order valence-electron chi connectivity index (χ0n) is 7.41. The van der Waals surface area contributed by atoms with Crippen molar-refractivity contribution in [2.24, 2.45) is 9.98 Å². The van der Waals surface area contributed by atoms with E-state index in [1.807, 2.05) is 31.2 Å². The summed E-state index contributed by atoms with van der Waals surface area (Å²) in [7, 11) is 1.71. The lowest BCUT2D eigenvalue weighted by Gasteiger charge is -1.99. The lowest BCUT2D eigenvalue weighted by Crippen LogP contribution is -1.95. The quantitative estimate of drug-likeness (QED) is 0.444. The number of aliphatic imine (C=N–C) groups is 2. The smallest absolute Gasteiger partial charge is 0.153 e. The lowest BCUT2D eigenvalue weighted by atomic mass is 10.1. The summed E-state index contributed by atoms with van der Waals surface area (Å²) in [6.45, 7) is 5.50. The molecule has 0 atom stereocenters. The number of benzene rings is 1. The maximum atomic E-state index is 4.01. The minimum absolute atomic E-state index is 0.693. The van der Waals surface area contributed by atoms with Crippen LogP contribution in [0.2, 0.25) is 0 Å². The third-order valence-electron chi connectivity index (χ3n) is 1.64. The minimum atomic E-state index is 0.693. The highest BCUT2D eigenvalue weighted by Crippen LogP contribution is 2.05. The molecule has 0 fully saturated rings. The molecule has 0 radical (unpaired) electrons. The second-order valence-electron chi connectivity index (χ2n) is 2.57. The van der Waals surface area contributed by atoms with Gasteiger partial charge >= 0.3 is 0 Å². The van der Waals surface area contributed by atoms with Crippen LogP contribution >= 0.6 is 0 Å². The maximum absolute atomic E-state index is 4.01. The number of rotatable bonds is 1. The summed E-state index contributed by atoms with van der Waals surface area (Å²) < 4.78 is 0. The molecule has 0 saturated carbocycles. The highest BCUT2D eigenvalue weighted by Gasteiger charge is 1.97. The van der Waals surface area contributed by atoms with E-state index in [2.05, 4.69) is 16.7 Å². The Morgan fingerprint density at radius 1 is 1.42 bits per heavy atom. The standard InChI is InChI=1S/C10H12N2/c1-8-5-4-6-9(7-8)10(11-2)12-3/h4-7H,2H2,1,3H3. The van der Waals surface area contributed by atoms with Gasteiger partial charge in [-0.05, 0) is 19.7 Å². The molecule has 0 aliphatic carbocycles. The van der Waals surface area contributed by atoms with E-state index in [1.165, 1.54) is 5.56 Å². The van der Waals surface area contributed by atoms with Gasteiger partial charge in [0.15, 0.2) is 5.84 Å². The predicted molar refractivity (Wildman–Crippen MR) is 53.2 cm³/mol. The van der Waals surface area contributed by atoms with Crippen LogP contribution in [0, 0.1) is 6.92 Å². The van der Waals surface area contributed by atoms with Crippen LogP contribution in [0.3, 0.4) is 0 Å². The van der Waals surface area contributed by atoms with Crippen LogP contribution in [-0.4, -0.2) is 19.6 Å². The Hall–Kier alpha value is -1.44. The first-order valence-corrected chi connectivity index (χ1v) is 3.78. The molecule has 2 heteroatoms. The summed E-state index contributed by atoms with van der Waals surface area (Å²) in [6.07, 6.45) is 0. The predicted octanol–water partition coefficient (Wildman–Crippen LogP) is 2.07. The van der Waals surface area contributed by atoms with E-state index in [4.69, 9.17) is 0 Å². The van der Waals surface area contributed by atoms with E-state index in [9.17, 15) is 0 Å². The first-order valence-electron chi connectivity index (χ1n) is 3.78. The number of amidine groups is 1. The van der Waals surface area contributed by atoms with Gasteiger partial charge in [-0.1, -0.05) is 23.8 Å². The van der Waals surface area contributed by atoms with Crippen molar-refractivity contribution in [3.8, 4) is 0 Å². The van der Waals surface area contributed by atoms with Crippen LogP contribution in [0.25, 0.3) is 0 Å². The van der Waals surface area contributed by atoms with Crippen molar-refractivity contribution in [3.63, 3.8) is 0 Å². The van der Waals surface area contributed by atoms with Crippen LogP contribution in [0.1, 0.15) is 11.1 Å². The number of nitrogens with zero attached hydrogens (tertiary/aromatic N) is 2. The van der Waals surface area contributed by atoms with Gasteiger partial charge in [0, 0.05) is 12.6 Å². The van der Waals surface area contributed by atoms with E-state index < -0.39 is 0 Å². The molecule has 2 nitrogen and oxygen atoms in total. The molecule has 0 aliphatic rings. The number of hydrogen-bond donors (Lipinski definition) is 0. The second kappa shape index (κ2) is 3.81. The number of aryl methyl sites for hydroxylation is 1. The van der Waals surface area contributed by atoms with E-state index in [-0.39, 0.29) is 0 Å². The maximum Gasteiger partial charge on any atom is 0.153 e. The van der Waals surface area contributed by atoms with Crippen LogP contribution < -0.4 is 0 Å². The third kappa shape index (κ3) is 1.78. The van der Waals surface area contributed by atoms with Crippen LogP contribution in [0.5, 0.6) is 0 Å². The normalized spacial score (nSPS) is 11.3. The largest absolute Gasteiger partial charge is 0.270 e. The Balaban J connectivity index is 3.10. The Labute approximate surface area is 72.7 Å². The molecule has 0 aromatic heterocycles. The van der Waals surface area contributed by atoms with E-state index in [1.54, 1.807) is 7.05 Å². The Kier molecular flexibility index (Phi) is 2.75. The van der Waals surface area contributed by atoms with Crippen LogP contribution in [-0.2, 0) is 0 Å². The van der Waals surface area contributed by atoms with Gasteiger partial charge in [-0.25, -0.2) is 4.99 Å². The monoisotopic (exact) mass is 160 g/mol. The van der Waals surface area contributed by atoms with Gasteiger partial charge < -0.3 is 0 Å². The van der Waals surface area contributed by atoms with Crippen molar-refractivity contribution in [1.82, 2.24) is 0 Å². The summed E-state index contributed by atoms with van der Waals surface area (Å²) in [6, 6.07) is 8.04. The molecule has 0 heterocycles. The van der Waals surface area contributed by atoms with Gasteiger partial charge in [0.05, 0.1) is 0 Å². The summed E-state index contributed by atoms with van der Waals surface area (Å²) >= 11 is 0. The molecule has 1 aromatic carbocycles. The van der Waals surface area contributed by atoms with Crippen molar-refractivity contribution in [2.75, 3.05) is 7.05 Å². The molecule has 62 valence electrons. The summed E-state index contributed by atoms with van der Waals surface area (Å²) in [5, 5.41) is 0. The van der Waals surface area contributed by atoms with Gasteiger partial charge in [0.2, 0.25) is 0 Å². The molecule has 0 unspecified atom stereocenters. The molecule has 0 spiro atoms. The first-order chi connectivity index (χ1) is 5.77. The first kappa shape index (κ1) is 8.65. The summed E-state index contributed by atoms with van der Waals surface area (Å²) in [4.78, 5) is 7.82. The average molecular weight is 160 g/mol. The highest BCUT2D eigenvalue weighted by molar-refractivity contribution is 6.01. The molecule has 1 rings (SSSR count). The van der Waals surface area contributed by atoms with Gasteiger partial charge in [-0.15, -0.1) is 0 Å². The Morgan fingerprint density at radius 3 is 2.67 bits per heavy atom. The van der Waals surface area contributed by atoms with Crippen LogP contribution in [0.15, 0.2) is 34.3 Å². The average Bonchev–Trinajstić information content (AvgIpc) is 2.07. The topological polar surface area (TPSA) is 24.7 Å². The van der Waals surface area contributed by atoms with E-state index >= 15 is 0 Å². The SMILES string of the molecule is C=NC(=NC)c1cccc(C)c1. The third-order valence-corrected chi connectivity index (χ3v) is 1.64. The fourth-order valence-electron chi connectivity index (χ4n) is 1.08. The molecule has 1 aromatic rings.